The first-order valence-corrected chi connectivity index (χ1v) is 5.66. The van der Waals surface area contributed by atoms with E-state index in [0.717, 1.165) is 26.2 Å². The second-order valence-electron chi connectivity index (χ2n) is 4.16. The van der Waals surface area contributed by atoms with E-state index in [4.69, 9.17) is 4.74 Å². The predicted molar refractivity (Wildman–Crippen MR) is 59.5 cm³/mol. The Labute approximate surface area is 91.0 Å². The van der Waals surface area contributed by atoms with Gasteiger partial charge >= 0.3 is 0 Å². The van der Waals surface area contributed by atoms with Crippen molar-refractivity contribution >= 4 is 18.5 Å². The maximum atomic E-state index is 11.5. The molecule has 0 aromatic rings. The molecule has 14 heavy (non-hydrogen) atoms. The molecule has 3 nitrogen and oxygen atoms in total. The SMILES string of the molecule is CC(C)C(S)C(=O)NCC1CCOC1. The van der Waals surface area contributed by atoms with Gasteiger partial charge in [0.05, 0.1) is 11.9 Å². The maximum absolute atomic E-state index is 11.5. The molecule has 0 aromatic heterocycles. The summed E-state index contributed by atoms with van der Waals surface area (Å²) in [6, 6.07) is 0. The van der Waals surface area contributed by atoms with Gasteiger partial charge in [0.25, 0.3) is 0 Å². The number of carbonyl (C=O) groups excluding carboxylic acids is 1. The lowest BCUT2D eigenvalue weighted by atomic mass is 10.1. The molecule has 1 N–H and O–H groups in total. The largest absolute Gasteiger partial charge is 0.381 e. The number of hydrogen-bond acceptors (Lipinski definition) is 3. The number of hydrogen-bond donors (Lipinski definition) is 2. The molecule has 0 bridgehead atoms. The van der Waals surface area contributed by atoms with Crippen molar-refractivity contribution in [3.8, 4) is 0 Å². The summed E-state index contributed by atoms with van der Waals surface area (Å²) in [4.78, 5) is 11.5. The van der Waals surface area contributed by atoms with E-state index >= 15 is 0 Å². The Balaban J connectivity index is 2.19. The summed E-state index contributed by atoms with van der Waals surface area (Å²) in [5, 5.41) is 2.71. The van der Waals surface area contributed by atoms with Gasteiger partial charge in [-0.1, -0.05) is 13.8 Å². The fourth-order valence-electron chi connectivity index (χ4n) is 1.40. The van der Waals surface area contributed by atoms with E-state index < -0.39 is 0 Å². The normalized spacial score (nSPS) is 23.9. The van der Waals surface area contributed by atoms with Crippen molar-refractivity contribution in [2.45, 2.75) is 25.5 Å². The van der Waals surface area contributed by atoms with E-state index in [1.54, 1.807) is 0 Å². The fraction of sp³-hybridized carbons (Fsp3) is 0.900. The summed E-state index contributed by atoms with van der Waals surface area (Å²) < 4.78 is 5.23. The zero-order valence-corrected chi connectivity index (χ0v) is 9.72. The Kier molecular flexibility index (Phi) is 4.75. The van der Waals surface area contributed by atoms with Crippen LogP contribution in [0.1, 0.15) is 20.3 Å². The van der Waals surface area contributed by atoms with Gasteiger partial charge < -0.3 is 10.1 Å². The van der Waals surface area contributed by atoms with E-state index in [9.17, 15) is 4.79 Å². The summed E-state index contributed by atoms with van der Waals surface area (Å²) in [6.07, 6.45) is 1.05. The highest BCUT2D eigenvalue weighted by Gasteiger charge is 2.20. The maximum Gasteiger partial charge on any atom is 0.233 e. The Morgan fingerprint density at radius 1 is 1.64 bits per heavy atom. The Morgan fingerprint density at radius 2 is 2.36 bits per heavy atom. The summed E-state index contributed by atoms with van der Waals surface area (Å²) >= 11 is 4.25. The molecule has 1 aliphatic rings. The monoisotopic (exact) mass is 217 g/mol. The molecule has 2 unspecified atom stereocenters. The van der Waals surface area contributed by atoms with Gasteiger partial charge in [-0.15, -0.1) is 0 Å². The molecule has 2 atom stereocenters. The quantitative estimate of drug-likeness (QED) is 0.692. The molecule has 1 saturated heterocycles. The molecule has 0 spiro atoms. The summed E-state index contributed by atoms with van der Waals surface area (Å²) in [5.41, 5.74) is 0. The number of nitrogens with one attached hydrogen (secondary N) is 1. The third-order valence-corrected chi connectivity index (χ3v) is 3.32. The molecule has 0 saturated carbocycles. The standard InChI is InChI=1S/C10H19NO2S/c1-7(2)9(14)10(12)11-5-8-3-4-13-6-8/h7-9,14H,3-6H2,1-2H3,(H,11,12). The van der Waals surface area contributed by atoms with E-state index in [-0.39, 0.29) is 17.1 Å². The Bertz CT molecular complexity index is 191. The van der Waals surface area contributed by atoms with Crippen molar-refractivity contribution in [3.05, 3.63) is 0 Å². The number of rotatable bonds is 4. The minimum Gasteiger partial charge on any atom is -0.381 e. The molecule has 1 amide bonds. The van der Waals surface area contributed by atoms with Crippen molar-refractivity contribution in [1.29, 1.82) is 0 Å². The van der Waals surface area contributed by atoms with E-state index in [1.165, 1.54) is 0 Å². The van der Waals surface area contributed by atoms with Crippen molar-refractivity contribution in [2.75, 3.05) is 19.8 Å². The van der Waals surface area contributed by atoms with Crippen LogP contribution in [0.2, 0.25) is 0 Å². The van der Waals surface area contributed by atoms with Crippen LogP contribution in [0.3, 0.4) is 0 Å². The van der Waals surface area contributed by atoms with Gasteiger partial charge in [-0.3, -0.25) is 4.79 Å². The highest BCUT2D eigenvalue weighted by molar-refractivity contribution is 7.81. The molecular weight excluding hydrogens is 198 g/mol. The third-order valence-electron chi connectivity index (χ3n) is 2.49. The molecular formula is C10H19NO2S. The smallest absolute Gasteiger partial charge is 0.233 e. The number of ether oxygens (including phenoxy) is 1. The first kappa shape index (κ1) is 11.9. The van der Waals surface area contributed by atoms with E-state index in [1.807, 2.05) is 13.8 Å². The second-order valence-corrected chi connectivity index (χ2v) is 4.72. The molecule has 1 aliphatic heterocycles. The molecule has 0 radical (unpaired) electrons. The predicted octanol–water partition coefficient (Wildman–Crippen LogP) is 1.09. The van der Waals surface area contributed by atoms with Gasteiger partial charge in [-0.05, 0) is 12.3 Å². The van der Waals surface area contributed by atoms with E-state index in [2.05, 4.69) is 17.9 Å². The molecule has 0 aliphatic carbocycles. The summed E-state index contributed by atoms with van der Waals surface area (Å²) in [6.45, 7) is 6.32. The topological polar surface area (TPSA) is 38.3 Å². The average Bonchev–Trinajstić information content (AvgIpc) is 2.65. The molecule has 1 fully saturated rings. The minimum absolute atomic E-state index is 0.0373. The molecule has 1 heterocycles. The zero-order chi connectivity index (χ0) is 10.6. The van der Waals surface area contributed by atoms with Crippen molar-refractivity contribution in [1.82, 2.24) is 5.32 Å². The second kappa shape index (κ2) is 5.61. The van der Waals surface area contributed by atoms with Crippen molar-refractivity contribution < 1.29 is 9.53 Å². The van der Waals surface area contributed by atoms with Crippen LogP contribution in [0, 0.1) is 11.8 Å². The van der Waals surface area contributed by atoms with Crippen molar-refractivity contribution in [3.63, 3.8) is 0 Å². The van der Waals surface area contributed by atoms with Crippen LogP contribution >= 0.6 is 12.6 Å². The summed E-state index contributed by atoms with van der Waals surface area (Å²) in [7, 11) is 0. The first-order valence-electron chi connectivity index (χ1n) is 5.14. The lowest BCUT2D eigenvalue weighted by Gasteiger charge is -2.16. The highest BCUT2D eigenvalue weighted by atomic mass is 32.1. The molecule has 82 valence electrons. The van der Waals surface area contributed by atoms with Gasteiger partial charge in [-0.25, -0.2) is 0 Å². The van der Waals surface area contributed by atoms with Gasteiger partial charge in [-0.2, -0.15) is 12.6 Å². The number of carbonyl (C=O) groups is 1. The van der Waals surface area contributed by atoms with Gasteiger partial charge in [0, 0.05) is 19.1 Å². The molecule has 1 rings (SSSR count). The first-order chi connectivity index (χ1) is 6.61. The average molecular weight is 217 g/mol. The van der Waals surface area contributed by atoms with Crippen LogP contribution in [-0.4, -0.2) is 30.9 Å². The van der Waals surface area contributed by atoms with Crippen LogP contribution in [0.5, 0.6) is 0 Å². The van der Waals surface area contributed by atoms with Crippen LogP contribution in [-0.2, 0) is 9.53 Å². The lowest BCUT2D eigenvalue weighted by molar-refractivity contribution is -0.121. The van der Waals surface area contributed by atoms with Crippen molar-refractivity contribution in [2.24, 2.45) is 11.8 Å². The van der Waals surface area contributed by atoms with Crippen LogP contribution in [0.4, 0.5) is 0 Å². The van der Waals surface area contributed by atoms with Crippen LogP contribution in [0.15, 0.2) is 0 Å². The highest BCUT2D eigenvalue weighted by Crippen LogP contribution is 2.12. The van der Waals surface area contributed by atoms with Gasteiger partial charge in [0.15, 0.2) is 0 Å². The third kappa shape index (κ3) is 3.50. The molecule has 4 heteroatoms. The number of amides is 1. The number of thiol groups is 1. The minimum atomic E-state index is -0.197. The Hall–Kier alpha value is -0.220. The van der Waals surface area contributed by atoms with E-state index in [0.29, 0.717) is 5.92 Å². The lowest BCUT2D eigenvalue weighted by Crippen LogP contribution is -2.37. The van der Waals surface area contributed by atoms with Crippen LogP contribution < -0.4 is 5.32 Å². The Morgan fingerprint density at radius 3 is 2.86 bits per heavy atom. The van der Waals surface area contributed by atoms with Crippen LogP contribution in [0.25, 0.3) is 0 Å². The fourth-order valence-corrected chi connectivity index (χ4v) is 1.49. The summed E-state index contributed by atoms with van der Waals surface area (Å²) in [5.74, 6) is 0.806. The van der Waals surface area contributed by atoms with Gasteiger partial charge in [0.2, 0.25) is 5.91 Å². The zero-order valence-electron chi connectivity index (χ0n) is 8.82. The van der Waals surface area contributed by atoms with Gasteiger partial charge in [0.1, 0.15) is 0 Å². The molecule has 0 aromatic carbocycles.